The van der Waals surface area contributed by atoms with Gasteiger partial charge in [0.05, 0.1) is 49.8 Å². The zero-order chi connectivity index (χ0) is 47.9. The van der Waals surface area contributed by atoms with Crippen LogP contribution in [0, 0.1) is 34.3 Å². The fourth-order valence-corrected chi connectivity index (χ4v) is 9.40. The highest BCUT2D eigenvalue weighted by atomic mass is 32.1. The van der Waals surface area contributed by atoms with E-state index in [4.69, 9.17) is 23.7 Å². The van der Waals surface area contributed by atoms with Crippen molar-refractivity contribution in [1.82, 2.24) is 9.88 Å². The molecule has 0 radical (unpaired) electrons. The number of thiazole rings is 1. The van der Waals surface area contributed by atoms with Crippen molar-refractivity contribution >= 4 is 62.9 Å². The number of cyclic esters (lactones) is 1. The number of hydrogen-bond acceptors (Lipinski definition) is 16. The quantitative estimate of drug-likeness (QED) is 0.0235. The normalized spacial score (nSPS) is 25.8. The summed E-state index contributed by atoms with van der Waals surface area (Å²) in [7, 11) is 0. The van der Waals surface area contributed by atoms with Crippen LogP contribution >= 0.6 is 11.3 Å². The van der Waals surface area contributed by atoms with Crippen LogP contribution in [0.3, 0.4) is 0 Å². The fourth-order valence-electron chi connectivity index (χ4n) is 8.59. The van der Waals surface area contributed by atoms with E-state index >= 15 is 0 Å². The lowest BCUT2D eigenvalue weighted by Crippen LogP contribution is -2.48. The van der Waals surface area contributed by atoms with Crippen LogP contribution in [-0.2, 0) is 49.5 Å². The van der Waals surface area contributed by atoms with Gasteiger partial charge in [0.1, 0.15) is 24.6 Å². The Kier molecular flexibility index (Phi) is 15.9. The molecule has 2 fully saturated rings. The van der Waals surface area contributed by atoms with Crippen molar-refractivity contribution in [2.45, 2.75) is 135 Å². The van der Waals surface area contributed by atoms with E-state index in [-0.39, 0.29) is 42.7 Å². The number of aromatic nitrogens is 1. The van der Waals surface area contributed by atoms with Crippen LogP contribution in [0.1, 0.15) is 114 Å². The predicted octanol–water partition coefficient (Wildman–Crippen LogP) is 8.12. The van der Waals surface area contributed by atoms with E-state index in [9.17, 15) is 44.0 Å². The number of epoxide rings is 1. The molecule has 18 heteroatoms. The molecule has 3 aliphatic rings. The first kappa shape index (κ1) is 49.6. The highest BCUT2D eigenvalue weighted by Gasteiger charge is 2.53. The monoisotopic (exact) mass is 931 g/mol. The van der Waals surface area contributed by atoms with Gasteiger partial charge in [-0.05, 0) is 95.0 Å². The van der Waals surface area contributed by atoms with E-state index < -0.39 is 94.6 Å². The molecule has 3 aromatic rings. The van der Waals surface area contributed by atoms with Gasteiger partial charge < -0.3 is 28.8 Å². The second kappa shape index (κ2) is 21.2. The number of rotatable bonds is 14. The van der Waals surface area contributed by atoms with Gasteiger partial charge in [-0.15, -0.1) is 17.9 Å². The minimum absolute atomic E-state index is 0.0784. The zero-order valence-corrected chi connectivity index (χ0v) is 38.7. The van der Waals surface area contributed by atoms with Gasteiger partial charge in [0.15, 0.2) is 0 Å². The molecule has 0 aliphatic carbocycles. The van der Waals surface area contributed by atoms with Crippen LogP contribution < -0.4 is 4.74 Å². The molecule has 0 saturated carbocycles. The van der Waals surface area contributed by atoms with Gasteiger partial charge in [-0.1, -0.05) is 38.0 Å². The maximum Gasteiger partial charge on any atom is 0.508 e. The molecule has 1 N–H and O–H groups in total. The number of ether oxygens (including phenoxy) is 5. The minimum atomic E-state index is -1.58. The number of carbonyl (C=O) groups is 6. The van der Waals surface area contributed by atoms with Gasteiger partial charge in [0.2, 0.25) is 5.75 Å². The molecule has 3 aliphatic heterocycles. The lowest BCUT2D eigenvalue weighted by Gasteiger charge is -2.37. The standard InChI is InChI=1S/C48H57N3O14S/c1-7-12-32-44(56)28(2)13-11-21-48(6)39(65-48)25-36(31-16-18-37-33(24-31)49-29(3)66-37)63-43(55)26-38(47(4,5)45(32)57)64-46(58)61-27-30-15-17-35(34(23-30)51(59)60)62-42(54)14-9-8-10-22-50-40(52)19-20-41(50)53/h7,15-20,23-24,28,32,36,38-39,44,56H,1,8-14,21-22,25-27H2,2-6H3. The first-order valence-corrected chi connectivity index (χ1v) is 23.0. The summed E-state index contributed by atoms with van der Waals surface area (Å²) in [6.45, 7) is 12.3. The molecule has 2 amide bonds. The molecule has 2 saturated heterocycles. The van der Waals surface area contributed by atoms with Gasteiger partial charge in [-0.3, -0.25) is 39.0 Å². The molecular formula is C48H57N3O14S. The molecule has 66 heavy (non-hydrogen) atoms. The van der Waals surface area contributed by atoms with Crippen molar-refractivity contribution in [3.63, 3.8) is 0 Å². The first-order chi connectivity index (χ1) is 31.3. The van der Waals surface area contributed by atoms with E-state index in [1.807, 2.05) is 39.0 Å². The predicted molar refractivity (Wildman–Crippen MR) is 240 cm³/mol. The number of fused-ring (bicyclic) bond motifs is 2. The zero-order valence-electron chi connectivity index (χ0n) is 37.9. The van der Waals surface area contributed by atoms with Crippen LogP contribution in [0.5, 0.6) is 5.75 Å². The summed E-state index contributed by atoms with van der Waals surface area (Å²) >= 11 is 1.54. The van der Waals surface area contributed by atoms with Gasteiger partial charge in [-0.25, -0.2) is 9.78 Å². The van der Waals surface area contributed by atoms with E-state index in [0.717, 1.165) is 26.2 Å². The largest absolute Gasteiger partial charge is 0.508 e. The molecule has 0 bridgehead atoms. The number of esters is 2. The average Bonchev–Trinajstić information content (AvgIpc) is 3.55. The summed E-state index contributed by atoms with van der Waals surface area (Å²) in [4.78, 5) is 95.1. The molecule has 7 atom stereocenters. The van der Waals surface area contributed by atoms with E-state index in [0.29, 0.717) is 50.5 Å². The van der Waals surface area contributed by atoms with Crippen molar-refractivity contribution in [3.05, 3.63) is 87.5 Å². The minimum Gasteiger partial charge on any atom is -0.457 e. The number of Topliss-reactive ketones (excluding diaryl/α,β-unsaturated/α-hetero) is 1. The number of unbranched alkanes of at least 4 members (excludes halogenated alkanes) is 2. The summed E-state index contributed by atoms with van der Waals surface area (Å²) in [5.41, 5.74) is -1.04. The molecule has 4 heterocycles. The fraction of sp³-hybridized carbons (Fsp3) is 0.521. The number of nitro benzene ring substituents is 1. The Bertz CT molecular complexity index is 2380. The molecule has 6 rings (SSSR count). The highest BCUT2D eigenvalue weighted by molar-refractivity contribution is 7.18. The van der Waals surface area contributed by atoms with E-state index in [1.54, 1.807) is 11.3 Å². The average molecular weight is 932 g/mol. The topological polar surface area (TPSA) is 231 Å². The number of carbonyl (C=O) groups excluding carboxylic acids is 6. The van der Waals surface area contributed by atoms with Crippen molar-refractivity contribution in [3.8, 4) is 5.75 Å². The van der Waals surface area contributed by atoms with Crippen LogP contribution in [0.25, 0.3) is 10.2 Å². The number of imide groups is 1. The Labute approximate surface area is 386 Å². The number of aryl methyl sites for hydroxylation is 1. The van der Waals surface area contributed by atoms with Gasteiger partial charge in [0, 0.05) is 43.5 Å². The number of allylic oxidation sites excluding steroid dienone is 1. The van der Waals surface area contributed by atoms with E-state index in [2.05, 4.69) is 11.6 Å². The number of nitro groups is 1. The number of benzene rings is 2. The Hall–Kier alpha value is -5.85. The summed E-state index contributed by atoms with van der Waals surface area (Å²) in [6, 6.07) is 9.32. The van der Waals surface area contributed by atoms with Gasteiger partial charge in [0.25, 0.3) is 11.8 Å². The molecule has 354 valence electrons. The third-order valence-corrected chi connectivity index (χ3v) is 13.7. The number of aliphatic hydroxyl groups excluding tert-OH is 1. The Morgan fingerprint density at radius 1 is 1.08 bits per heavy atom. The lowest BCUT2D eigenvalue weighted by atomic mass is 9.71. The Morgan fingerprint density at radius 2 is 1.82 bits per heavy atom. The highest BCUT2D eigenvalue weighted by Crippen LogP contribution is 2.47. The number of amides is 2. The van der Waals surface area contributed by atoms with Gasteiger partial charge >= 0.3 is 23.8 Å². The van der Waals surface area contributed by atoms with Crippen molar-refractivity contribution in [1.29, 1.82) is 0 Å². The van der Waals surface area contributed by atoms with Crippen LogP contribution in [0.15, 0.2) is 61.2 Å². The van der Waals surface area contributed by atoms with Crippen molar-refractivity contribution in [2.75, 3.05) is 6.54 Å². The van der Waals surface area contributed by atoms with E-state index in [1.165, 1.54) is 44.2 Å². The van der Waals surface area contributed by atoms with Crippen LogP contribution in [0.2, 0.25) is 0 Å². The number of hydrogen-bond donors (Lipinski definition) is 1. The lowest BCUT2D eigenvalue weighted by molar-refractivity contribution is -0.385. The third-order valence-electron chi connectivity index (χ3n) is 12.7. The maximum absolute atomic E-state index is 14.5. The molecule has 17 nitrogen and oxygen atoms in total. The number of nitrogens with zero attached hydrogens (tertiary/aromatic N) is 3. The maximum atomic E-state index is 14.5. The smallest absolute Gasteiger partial charge is 0.457 e. The van der Waals surface area contributed by atoms with Gasteiger partial charge in [-0.2, -0.15) is 0 Å². The number of ketones is 1. The summed E-state index contributed by atoms with van der Waals surface area (Å²) in [6.07, 6.45) is 2.20. The third kappa shape index (κ3) is 12.1. The first-order valence-electron chi connectivity index (χ1n) is 22.2. The SMILES string of the molecule is C=CCC1C(=O)C(C)(C)C(OC(=O)OCc2ccc(OC(=O)CCCCCN3C(=O)C=CC3=O)c([N+](=O)[O-])c2)CC(=O)OC(c2ccc3sc(C)nc3c2)CC2OC2(C)CCCC(C)C1O. The van der Waals surface area contributed by atoms with Crippen LogP contribution in [0.4, 0.5) is 10.5 Å². The number of aliphatic hydroxyl groups is 1. The summed E-state index contributed by atoms with van der Waals surface area (Å²) < 4.78 is 29.8. The second-order valence-electron chi connectivity index (χ2n) is 18.0. The second-order valence-corrected chi connectivity index (χ2v) is 19.3. The molecule has 7 unspecified atom stereocenters. The summed E-state index contributed by atoms with van der Waals surface area (Å²) in [5, 5.41) is 24.5. The summed E-state index contributed by atoms with van der Waals surface area (Å²) in [5.74, 6) is -4.34. The molecule has 1 aromatic heterocycles. The van der Waals surface area contributed by atoms with Crippen molar-refractivity contribution in [2.24, 2.45) is 17.3 Å². The molecular weight excluding hydrogens is 875 g/mol. The van der Waals surface area contributed by atoms with Crippen LogP contribution in [-0.4, -0.2) is 86.1 Å². The molecule has 2 aromatic carbocycles. The Morgan fingerprint density at radius 3 is 2.53 bits per heavy atom. The Balaban J connectivity index is 1.16. The molecule has 0 spiro atoms. The van der Waals surface area contributed by atoms with Crippen molar-refractivity contribution < 1.29 is 62.5 Å².